The standard InChI is InChI=1S/C10H11NO3/c11-9-5-14-4-7-2-1-6(10(12)13)3-8(7)9/h1-3,9H,4-5,11H2,(H,12,13)/t9-/m1/s1. The average Bonchev–Trinajstić information content (AvgIpc) is 2.18. The van der Waals surface area contributed by atoms with Crippen LogP contribution in [-0.4, -0.2) is 17.7 Å². The van der Waals surface area contributed by atoms with Crippen molar-refractivity contribution in [3.63, 3.8) is 0 Å². The van der Waals surface area contributed by atoms with Gasteiger partial charge in [-0.15, -0.1) is 0 Å². The summed E-state index contributed by atoms with van der Waals surface area (Å²) in [6.45, 7) is 0.971. The van der Waals surface area contributed by atoms with Crippen molar-refractivity contribution in [3.05, 3.63) is 34.9 Å². The topological polar surface area (TPSA) is 72.5 Å². The van der Waals surface area contributed by atoms with Crippen molar-refractivity contribution in [3.8, 4) is 0 Å². The summed E-state index contributed by atoms with van der Waals surface area (Å²) in [5.41, 5.74) is 7.94. The van der Waals surface area contributed by atoms with E-state index in [0.717, 1.165) is 11.1 Å². The Labute approximate surface area is 81.3 Å². The summed E-state index contributed by atoms with van der Waals surface area (Å²) in [5, 5.41) is 8.80. The Morgan fingerprint density at radius 1 is 1.57 bits per heavy atom. The van der Waals surface area contributed by atoms with E-state index in [2.05, 4.69) is 0 Å². The molecule has 1 aromatic carbocycles. The minimum Gasteiger partial charge on any atom is -0.478 e. The number of aromatic carboxylic acids is 1. The smallest absolute Gasteiger partial charge is 0.335 e. The van der Waals surface area contributed by atoms with E-state index in [1.807, 2.05) is 0 Å². The number of rotatable bonds is 1. The van der Waals surface area contributed by atoms with Crippen LogP contribution in [0.3, 0.4) is 0 Å². The minimum atomic E-state index is -0.925. The Balaban J connectivity index is 2.45. The zero-order valence-electron chi connectivity index (χ0n) is 7.56. The van der Waals surface area contributed by atoms with E-state index in [1.54, 1.807) is 18.2 Å². The third-order valence-electron chi connectivity index (χ3n) is 2.35. The van der Waals surface area contributed by atoms with Crippen molar-refractivity contribution in [2.45, 2.75) is 12.6 Å². The van der Waals surface area contributed by atoms with E-state index in [0.29, 0.717) is 13.2 Å². The van der Waals surface area contributed by atoms with Crippen LogP contribution in [0.5, 0.6) is 0 Å². The highest BCUT2D eigenvalue weighted by atomic mass is 16.5. The molecule has 3 N–H and O–H groups in total. The first-order valence-electron chi connectivity index (χ1n) is 4.38. The van der Waals surface area contributed by atoms with E-state index in [4.69, 9.17) is 15.6 Å². The predicted molar refractivity (Wildman–Crippen MR) is 50.0 cm³/mol. The second kappa shape index (κ2) is 3.40. The lowest BCUT2D eigenvalue weighted by Crippen LogP contribution is -2.23. The van der Waals surface area contributed by atoms with E-state index in [1.165, 1.54) is 0 Å². The summed E-state index contributed by atoms with van der Waals surface area (Å²) < 4.78 is 5.24. The predicted octanol–water partition coefficient (Wildman–Crippen LogP) is 0.915. The van der Waals surface area contributed by atoms with E-state index < -0.39 is 5.97 Å². The van der Waals surface area contributed by atoms with Crippen LogP contribution in [0.25, 0.3) is 0 Å². The largest absolute Gasteiger partial charge is 0.478 e. The van der Waals surface area contributed by atoms with Gasteiger partial charge in [0.1, 0.15) is 0 Å². The number of carboxylic acid groups (broad SMARTS) is 1. The van der Waals surface area contributed by atoms with Gasteiger partial charge in [-0.25, -0.2) is 4.79 Å². The van der Waals surface area contributed by atoms with Gasteiger partial charge in [-0.1, -0.05) is 6.07 Å². The Morgan fingerprint density at radius 3 is 3.07 bits per heavy atom. The number of hydrogen-bond donors (Lipinski definition) is 2. The number of carbonyl (C=O) groups is 1. The van der Waals surface area contributed by atoms with Crippen LogP contribution in [0.15, 0.2) is 18.2 Å². The molecule has 1 aliphatic heterocycles. The second-order valence-electron chi connectivity index (χ2n) is 3.34. The van der Waals surface area contributed by atoms with Crippen molar-refractivity contribution >= 4 is 5.97 Å². The third kappa shape index (κ3) is 1.49. The first-order valence-corrected chi connectivity index (χ1v) is 4.38. The highest BCUT2D eigenvalue weighted by Crippen LogP contribution is 2.23. The maximum Gasteiger partial charge on any atom is 0.335 e. The average molecular weight is 193 g/mol. The minimum absolute atomic E-state index is 0.210. The summed E-state index contributed by atoms with van der Waals surface area (Å²) in [6.07, 6.45) is 0. The van der Waals surface area contributed by atoms with E-state index in [9.17, 15) is 4.79 Å². The fourth-order valence-corrected chi connectivity index (χ4v) is 1.59. The van der Waals surface area contributed by atoms with Crippen molar-refractivity contribution < 1.29 is 14.6 Å². The van der Waals surface area contributed by atoms with Gasteiger partial charge in [0.15, 0.2) is 0 Å². The number of carboxylic acids is 1. The van der Waals surface area contributed by atoms with Crippen LogP contribution in [-0.2, 0) is 11.3 Å². The molecule has 4 nitrogen and oxygen atoms in total. The maximum absolute atomic E-state index is 10.7. The number of nitrogens with two attached hydrogens (primary N) is 1. The van der Waals surface area contributed by atoms with Gasteiger partial charge in [-0.3, -0.25) is 0 Å². The maximum atomic E-state index is 10.7. The molecule has 0 aliphatic carbocycles. The monoisotopic (exact) mass is 193 g/mol. The van der Waals surface area contributed by atoms with Crippen LogP contribution in [0.4, 0.5) is 0 Å². The van der Waals surface area contributed by atoms with Crippen LogP contribution >= 0.6 is 0 Å². The summed E-state index contributed by atoms with van der Waals surface area (Å²) >= 11 is 0. The Morgan fingerprint density at radius 2 is 2.36 bits per heavy atom. The molecule has 0 unspecified atom stereocenters. The van der Waals surface area contributed by atoms with Crippen LogP contribution in [0.2, 0.25) is 0 Å². The molecule has 4 heteroatoms. The molecule has 1 atom stereocenters. The third-order valence-corrected chi connectivity index (χ3v) is 2.35. The molecule has 74 valence electrons. The number of hydrogen-bond acceptors (Lipinski definition) is 3. The molecule has 1 aliphatic rings. The highest BCUT2D eigenvalue weighted by molar-refractivity contribution is 5.88. The lowest BCUT2D eigenvalue weighted by atomic mass is 9.97. The summed E-state index contributed by atoms with van der Waals surface area (Å²) in [4.78, 5) is 10.7. The van der Waals surface area contributed by atoms with E-state index in [-0.39, 0.29) is 11.6 Å². The fourth-order valence-electron chi connectivity index (χ4n) is 1.59. The van der Waals surface area contributed by atoms with Crippen molar-refractivity contribution in [2.24, 2.45) is 5.73 Å². The van der Waals surface area contributed by atoms with Crippen LogP contribution < -0.4 is 5.73 Å². The van der Waals surface area contributed by atoms with Crippen LogP contribution in [0.1, 0.15) is 27.5 Å². The van der Waals surface area contributed by atoms with Gasteiger partial charge < -0.3 is 15.6 Å². The van der Waals surface area contributed by atoms with Gasteiger partial charge in [0.2, 0.25) is 0 Å². The number of ether oxygens (including phenoxy) is 1. The molecule has 0 saturated carbocycles. The Bertz CT molecular complexity index is 376. The highest BCUT2D eigenvalue weighted by Gasteiger charge is 2.18. The first kappa shape index (κ1) is 9.18. The molecule has 0 saturated heterocycles. The van der Waals surface area contributed by atoms with Crippen molar-refractivity contribution in [1.29, 1.82) is 0 Å². The zero-order chi connectivity index (χ0) is 10.1. The molecule has 2 rings (SSSR count). The molecular weight excluding hydrogens is 182 g/mol. The fraction of sp³-hybridized carbons (Fsp3) is 0.300. The quantitative estimate of drug-likeness (QED) is 0.695. The molecule has 0 spiro atoms. The summed E-state index contributed by atoms with van der Waals surface area (Å²) in [5.74, 6) is -0.925. The molecule has 0 fully saturated rings. The summed E-state index contributed by atoms with van der Waals surface area (Å²) in [7, 11) is 0. The molecular formula is C10H11NO3. The molecule has 0 bridgehead atoms. The Kier molecular flexibility index (Phi) is 2.23. The van der Waals surface area contributed by atoms with Crippen LogP contribution in [0, 0.1) is 0 Å². The van der Waals surface area contributed by atoms with Gasteiger partial charge in [0.05, 0.1) is 24.8 Å². The Hall–Kier alpha value is -1.39. The summed E-state index contributed by atoms with van der Waals surface area (Å²) in [6, 6.07) is 4.75. The first-order chi connectivity index (χ1) is 6.68. The lowest BCUT2D eigenvalue weighted by Gasteiger charge is -2.22. The van der Waals surface area contributed by atoms with Gasteiger partial charge in [-0.05, 0) is 23.3 Å². The molecule has 0 amide bonds. The lowest BCUT2D eigenvalue weighted by molar-refractivity contribution is 0.0694. The normalized spacial score (nSPS) is 20.2. The molecule has 1 heterocycles. The zero-order valence-corrected chi connectivity index (χ0v) is 7.56. The molecule has 1 aromatic rings. The van der Waals surface area contributed by atoms with Crippen molar-refractivity contribution in [1.82, 2.24) is 0 Å². The number of benzene rings is 1. The molecule has 0 radical (unpaired) electrons. The van der Waals surface area contributed by atoms with E-state index >= 15 is 0 Å². The van der Waals surface area contributed by atoms with Crippen molar-refractivity contribution in [2.75, 3.05) is 6.61 Å². The SMILES string of the molecule is N[C@@H]1COCc2ccc(C(=O)O)cc21. The van der Waals surface area contributed by atoms with Gasteiger partial charge in [-0.2, -0.15) is 0 Å². The molecule has 14 heavy (non-hydrogen) atoms. The molecule has 0 aromatic heterocycles. The second-order valence-corrected chi connectivity index (χ2v) is 3.34. The number of fused-ring (bicyclic) bond motifs is 1. The van der Waals surface area contributed by atoms with Gasteiger partial charge >= 0.3 is 5.97 Å². The van der Waals surface area contributed by atoms with Gasteiger partial charge in [0.25, 0.3) is 0 Å². The van der Waals surface area contributed by atoms with Gasteiger partial charge in [0, 0.05) is 0 Å².